The molecular formula is C20H27ClN6O. The van der Waals surface area contributed by atoms with E-state index in [-0.39, 0.29) is 16.7 Å². The van der Waals surface area contributed by atoms with Crippen molar-refractivity contribution in [3.63, 3.8) is 0 Å². The Kier molecular flexibility index (Phi) is 6.05. The van der Waals surface area contributed by atoms with E-state index < -0.39 is 5.91 Å². The van der Waals surface area contributed by atoms with E-state index in [0.29, 0.717) is 12.1 Å². The maximum Gasteiger partial charge on any atom is 0.271 e. The lowest BCUT2D eigenvalue weighted by Crippen LogP contribution is -2.44. The standard InChI is InChI=1S/C20H27ClN6O/c1-5-14-18(21)25-20(17(23-14)19(22)28)24-15-10-13(3)16(11-12(15)2)27-8-6-26(4)7-9-27/h10-11H,5-9H2,1-4H3,(H2,22,28)(H,24,25). The van der Waals surface area contributed by atoms with Gasteiger partial charge in [-0.2, -0.15) is 0 Å². The highest BCUT2D eigenvalue weighted by Gasteiger charge is 2.19. The van der Waals surface area contributed by atoms with Crippen LogP contribution in [0.5, 0.6) is 0 Å². The Morgan fingerprint density at radius 2 is 1.86 bits per heavy atom. The molecule has 2 aromatic rings. The van der Waals surface area contributed by atoms with Crippen molar-refractivity contribution in [1.29, 1.82) is 0 Å². The summed E-state index contributed by atoms with van der Waals surface area (Å²) in [6.45, 7) is 10.1. The minimum absolute atomic E-state index is 0.0986. The molecule has 0 aliphatic carbocycles. The molecule has 0 unspecified atom stereocenters. The van der Waals surface area contributed by atoms with Crippen LogP contribution >= 0.6 is 11.6 Å². The number of piperazine rings is 1. The number of likely N-dealkylation sites (N-methyl/N-ethyl adjacent to an activating group) is 1. The molecule has 1 amide bonds. The van der Waals surface area contributed by atoms with Crippen LogP contribution in [0.25, 0.3) is 0 Å². The second-order valence-electron chi connectivity index (χ2n) is 7.25. The third-order valence-electron chi connectivity index (χ3n) is 5.13. The number of hydrogen-bond acceptors (Lipinski definition) is 6. The zero-order valence-electron chi connectivity index (χ0n) is 16.8. The third-order valence-corrected chi connectivity index (χ3v) is 5.43. The number of carbonyl (C=O) groups excluding carboxylic acids is 1. The first-order valence-electron chi connectivity index (χ1n) is 9.48. The van der Waals surface area contributed by atoms with Gasteiger partial charge in [0.25, 0.3) is 5.91 Å². The van der Waals surface area contributed by atoms with Crippen LogP contribution in [0.15, 0.2) is 12.1 Å². The number of nitrogens with zero attached hydrogens (tertiary/aromatic N) is 4. The van der Waals surface area contributed by atoms with Gasteiger partial charge < -0.3 is 20.9 Å². The molecule has 1 aliphatic heterocycles. The van der Waals surface area contributed by atoms with Crippen LogP contribution in [0.3, 0.4) is 0 Å². The van der Waals surface area contributed by atoms with Gasteiger partial charge in [0.05, 0.1) is 5.69 Å². The number of halogens is 1. The van der Waals surface area contributed by atoms with E-state index in [2.05, 4.69) is 51.2 Å². The van der Waals surface area contributed by atoms with Gasteiger partial charge >= 0.3 is 0 Å². The molecule has 0 radical (unpaired) electrons. The number of rotatable bonds is 5. The van der Waals surface area contributed by atoms with E-state index in [1.165, 1.54) is 5.69 Å². The van der Waals surface area contributed by atoms with Gasteiger partial charge in [-0.05, 0) is 50.6 Å². The highest BCUT2D eigenvalue weighted by molar-refractivity contribution is 6.30. The highest BCUT2D eigenvalue weighted by Crippen LogP contribution is 2.31. The van der Waals surface area contributed by atoms with Crippen LogP contribution in [0.1, 0.15) is 34.2 Å². The van der Waals surface area contributed by atoms with E-state index in [4.69, 9.17) is 17.3 Å². The Morgan fingerprint density at radius 3 is 2.46 bits per heavy atom. The Balaban J connectivity index is 1.92. The van der Waals surface area contributed by atoms with Crippen LogP contribution in [-0.2, 0) is 6.42 Å². The van der Waals surface area contributed by atoms with Crippen LogP contribution in [0.2, 0.25) is 5.15 Å². The van der Waals surface area contributed by atoms with Gasteiger partial charge in [-0.3, -0.25) is 4.79 Å². The van der Waals surface area contributed by atoms with Gasteiger partial charge in [0.1, 0.15) is 0 Å². The molecule has 0 saturated carbocycles. The van der Waals surface area contributed by atoms with Crippen molar-refractivity contribution < 1.29 is 4.79 Å². The Morgan fingerprint density at radius 1 is 1.18 bits per heavy atom. The third kappa shape index (κ3) is 4.20. The Hall–Kier alpha value is -2.38. The normalized spacial score (nSPS) is 15.0. The molecule has 1 fully saturated rings. The lowest BCUT2D eigenvalue weighted by Gasteiger charge is -2.35. The summed E-state index contributed by atoms with van der Waals surface area (Å²) in [6.07, 6.45) is 0.574. The van der Waals surface area contributed by atoms with Gasteiger partial charge in [-0.1, -0.05) is 18.5 Å². The number of amides is 1. The summed E-state index contributed by atoms with van der Waals surface area (Å²) in [5, 5.41) is 3.48. The first-order valence-corrected chi connectivity index (χ1v) is 9.86. The second kappa shape index (κ2) is 8.32. The first kappa shape index (κ1) is 20.4. The molecule has 150 valence electrons. The molecule has 3 rings (SSSR count). The number of aromatic nitrogens is 2. The van der Waals surface area contributed by atoms with E-state index in [1.807, 2.05) is 13.8 Å². The molecular weight excluding hydrogens is 376 g/mol. The summed E-state index contributed by atoms with van der Waals surface area (Å²) in [5.74, 6) is -0.352. The summed E-state index contributed by atoms with van der Waals surface area (Å²) < 4.78 is 0. The van der Waals surface area contributed by atoms with Gasteiger partial charge in [0.15, 0.2) is 16.7 Å². The summed E-state index contributed by atoms with van der Waals surface area (Å²) in [7, 11) is 2.15. The number of carbonyl (C=O) groups is 1. The van der Waals surface area contributed by atoms with Crippen molar-refractivity contribution in [2.24, 2.45) is 5.73 Å². The summed E-state index contributed by atoms with van der Waals surface area (Å²) in [4.78, 5) is 25.2. The Bertz CT molecular complexity index is 893. The summed E-state index contributed by atoms with van der Waals surface area (Å²) >= 11 is 6.21. The van der Waals surface area contributed by atoms with E-state index in [0.717, 1.165) is 43.0 Å². The van der Waals surface area contributed by atoms with Gasteiger partial charge in [-0.25, -0.2) is 9.97 Å². The number of aryl methyl sites for hydroxylation is 3. The molecule has 3 N–H and O–H groups in total. The Labute approximate surface area is 170 Å². The fourth-order valence-electron chi connectivity index (χ4n) is 3.38. The smallest absolute Gasteiger partial charge is 0.271 e. The number of nitrogens with two attached hydrogens (primary N) is 1. The molecule has 8 heteroatoms. The molecule has 7 nitrogen and oxygen atoms in total. The molecule has 1 aromatic carbocycles. The highest BCUT2D eigenvalue weighted by atomic mass is 35.5. The SMILES string of the molecule is CCc1nc(C(N)=O)c(Nc2cc(C)c(N3CCN(C)CC3)cc2C)nc1Cl. The van der Waals surface area contributed by atoms with Crippen LogP contribution in [0, 0.1) is 13.8 Å². The number of hydrogen-bond donors (Lipinski definition) is 2. The van der Waals surface area contributed by atoms with Crippen molar-refractivity contribution in [2.45, 2.75) is 27.2 Å². The van der Waals surface area contributed by atoms with Gasteiger partial charge in [0.2, 0.25) is 0 Å². The topological polar surface area (TPSA) is 87.4 Å². The minimum atomic E-state index is -0.634. The molecule has 2 heterocycles. The number of anilines is 3. The maximum atomic E-state index is 11.9. The molecule has 0 spiro atoms. The molecule has 1 aromatic heterocycles. The zero-order valence-corrected chi connectivity index (χ0v) is 17.6. The van der Waals surface area contributed by atoms with E-state index in [9.17, 15) is 4.79 Å². The molecule has 1 saturated heterocycles. The largest absolute Gasteiger partial charge is 0.369 e. The molecule has 0 atom stereocenters. The van der Waals surface area contributed by atoms with Crippen LogP contribution in [-0.4, -0.2) is 54.0 Å². The van der Waals surface area contributed by atoms with Crippen LogP contribution < -0.4 is 16.0 Å². The average molecular weight is 403 g/mol. The fraction of sp³-hybridized carbons (Fsp3) is 0.450. The van der Waals surface area contributed by atoms with Gasteiger partial charge in [-0.15, -0.1) is 0 Å². The van der Waals surface area contributed by atoms with Crippen molar-refractivity contribution in [2.75, 3.05) is 43.4 Å². The molecule has 1 aliphatic rings. The molecule has 28 heavy (non-hydrogen) atoms. The monoisotopic (exact) mass is 402 g/mol. The van der Waals surface area contributed by atoms with Crippen LogP contribution in [0.4, 0.5) is 17.2 Å². The van der Waals surface area contributed by atoms with Crippen molar-refractivity contribution in [3.8, 4) is 0 Å². The average Bonchev–Trinajstić information content (AvgIpc) is 2.65. The summed E-state index contributed by atoms with van der Waals surface area (Å²) in [6, 6.07) is 4.24. The zero-order chi connectivity index (χ0) is 20.4. The predicted octanol–water partition coefficient (Wildman–Crippen LogP) is 2.90. The second-order valence-corrected chi connectivity index (χ2v) is 7.60. The van der Waals surface area contributed by atoms with Crippen molar-refractivity contribution in [3.05, 3.63) is 39.8 Å². The maximum absolute atomic E-state index is 11.9. The fourth-order valence-corrected chi connectivity index (χ4v) is 3.65. The van der Waals surface area contributed by atoms with E-state index in [1.54, 1.807) is 0 Å². The van der Waals surface area contributed by atoms with Crippen molar-refractivity contribution >= 4 is 34.7 Å². The number of primary amides is 1. The first-order chi connectivity index (χ1) is 13.3. The predicted molar refractivity (Wildman–Crippen MR) is 114 cm³/mol. The summed E-state index contributed by atoms with van der Waals surface area (Å²) in [5.41, 5.74) is 10.5. The number of benzene rings is 1. The lowest BCUT2D eigenvalue weighted by atomic mass is 10.1. The van der Waals surface area contributed by atoms with E-state index >= 15 is 0 Å². The molecule has 0 bridgehead atoms. The number of nitrogens with one attached hydrogen (secondary N) is 1. The van der Waals surface area contributed by atoms with Crippen molar-refractivity contribution in [1.82, 2.24) is 14.9 Å². The minimum Gasteiger partial charge on any atom is -0.369 e. The quantitative estimate of drug-likeness (QED) is 0.799. The van der Waals surface area contributed by atoms with Gasteiger partial charge in [0, 0.05) is 37.6 Å². The lowest BCUT2D eigenvalue weighted by molar-refractivity contribution is 0.0996.